The van der Waals surface area contributed by atoms with Gasteiger partial charge in [0.15, 0.2) is 5.82 Å². The first-order valence-corrected chi connectivity index (χ1v) is 13.1. The number of aromatic amines is 1. The number of rotatable bonds is 9. The van der Waals surface area contributed by atoms with Gasteiger partial charge < -0.3 is 14.6 Å². The maximum Gasteiger partial charge on any atom is 0.439 e. The molecule has 11 heteroatoms. The van der Waals surface area contributed by atoms with Crippen LogP contribution in [0.3, 0.4) is 0 Å². The fraction of sp³-hybridized carbons (Fsp3) is 0.129. The maximum atomic E-state index is 12.0. The molecule has 0 aliphatic heterocycles. The summed E-state index contributed by atoms with van der Waals surface area (Å²) in [6.45, 7) is 2.58. The number of hydrogen-bond donors (Lipinski definition) is 2. The van der Waals surface area contributed by atoms with E-state index in [1.807, 2.05) is 61.5 Å². The zero-order valence-electron chi connectivity index (χ0n) is 22.7. The second-order valence-corrected chi connectivity index (χ2v) is 9.38. The predicted octanol–water partition coefficient (Wildman–Crippen LogP) is 5.26. The summed E-state index contributed by atoms with van der Waals surface area (Å²) in [4.78, 5) is 35.4. The highest BCUT2D eigenvalue weighted by atomic mass is 16.5. The summed E-state index contributed by atoms with van der Waals surface area (Å²) in [6, 6.07) is 22.6. The van der Waals surface area contributed by atoms with E-state index in [0.717, 1.165) is 27.9 Å². The highest BCUT2D eigenvalue weighted by molar-refractivity contribution is 6.01. The molecule has 0 saturated carbocycles. The van der Waals surface area contributed by atoms with Gasteiger partial charge >= 0.3 is 11.7 Å². The number of ether oxygens (including phenoxy) is 2. The molecule has 210 valence electrons. The van der Waals surface area contributed by atoms with Crippen molar-refractivity contribution in [1.29, 1.82) is 0 Å². The van der Waals surface area contributed by atoms with Crippen LogP contribution in [-0.2, 0) is 6.54 Å². The van der Waals surface area contributed by atoms with E-state index in [4.69, 9.17) is 14.0 Å². The Morgan fingerprint density at radius 2 is 1.83 bits per heavy atom. The lowest BCUT2D eigenvalue weighted by molar-refractivity contribution is 0.0698. The van der Waals surface area contributed by atoms with Crippen molar-refractivity contribution in [2.24, 2.45) is 0 Å². The molecule has 42 heavy (non-hydrogen) atoms. The van der Waals surface area contributed by atoms with E-state index in [2.05, 4.69) is 20.1 Å². The number of carboxylic acids is 1. The Bertz CT molecular complexity index is 1960. The van der Waals surface area contributed by atoms with Gasteiger partial charge in [0.2, 0.25) is 0 Å². The van der Waals surface area contributed by atoms with Crippen molar-refractivity contribution in [3.63, 3.8) is 0 Å². The molecule has 0 amide bonds. The Hall–Kier alpha value is -5.71. The molecule has 11 nitrogen and oxygen atoms in total. The number of fused-ring (bicyclic) bond motifs is 1. The number of aromatic carboxylic acids is 1. The molecule has 3 aromatic heterocycles. The summed E-state index contributed by atoms with van der Waals surface area (Å²) in [5.74, 6) is -0.726. The van der Waals surface area contributed by atoms with Crippen LogP contribution in [0.25, 0.3) is 44.8 Å². The van der Waals surface area contributed by atoms with E-state index < -0.39 is 11.7 Å². The van der Waals surface area contributed by atoms with Gasteiger partial charge in [-0.3, -0.25) is 19.1 Å². The molecule has 3 aromatic carbocycles. The molecule has 0 saturated heterocycles. The highest BCUT2D eigenvalue weighted by Gasteiger charge is 2.19. The van der Waals surface area contributed by atoms with Crippen molar-refractivity contribution in [3.05, 3.63) is 101 Å². The number of nitrogens with zero attached hydrogens (tertiary/aromatic N) is 4. The van der Waals surface area contributed by atoms with Crippen LogP contribution >= 0.6 is 0 Å². The molecule has 0 atom stereocenters. The van der Waals surface area contributed by atoms with Crippen molar-refractivity contribution in [2.75, 3.05) is 13.7 Å². The van der Waals surface area contributed by atoms with E-state index in [1.165, 1.54) is 0 Å². The average Bonchev–Trinajstić information content (AvgIpc) is 3.60. The van der Waals surface area contributed by atoms with Gasteiger partial charge in [0.1, 0.15) is 5.75 Å². The number of nitrogens with one attached hydrogen (secondary N) is 1. The number of pyridine rings is 1. The fourth-order valence-electron chi connectivity index (χ4n) is 4.86. The normalized spacial score (nSPS) is 11.1. The van der Waals surface area contributed by atoms with E-state index in [0.29, 0.717) is 47.3 Å². The molecule has 0 spiro atoms. The zero-order chi connectivity index (χ0) is 29.2. The van der Waals surface area contributed by atoms with Gasteiger partial charge in [-0.15, -0.1) is 0 Å². The van der Waals surface area contributed by atoms with Crippen LogP contribution in [0.2, 0.25) is 0 Å². The van der Waals surface area contributed by atoms with Crippen LogP contribution < -0.4 is 15.2 Å². The molecule has 6 aromatic rings. The molecular formula is C31H25N5O6. The van der Waals surface area contributed by atoms with E-state index >= 15 is 0 Å². The van der Waals surface area contributed by atoms with Gasteiger partial charge in [-0.05, 0) is 60.0 Å². The average molecular weight is 564 g/mol. The van der Waals surface area contributed by atoms with Crippen molar-refractivity contribution in [3.8, 4) is 45.5 Å². The number of carbonyl (C=O) groups is 1. The second kappa shape index (κ2) is 11.0. The summed E-state index contributed by atoms with van der Waals surface area (Å²) in [6.07, 6.45) is 1.65. The fourth-order valence-corrected chi connectivity index (χ4v) is 4.86. The molecule has 6 rings (SSSR count). The lowest BCUT2D eigenvalue weighted by atomic mass is 9.95. The van der Waals surface area contributed by atoms with Crippen LogP contribution in [0.4, 0.5) is 0 Å². The van der Waals surface area contributed by atoms with Crippen molar-refractivity contribution < 1.29 is 23.9 Å². The van der Waals surface area contributed by atoms with Gasteiger partial charge in [0, 0.05) is 11.1 Å². The number of hydrogen-bond acceptors (Lipinski definition) is 8. The summed E-state index contributed by atoms with van der Waals surface area (Å²) in [5, 5.41) is 13.7. The van der Waals surface area contributed by atoms with Crippen LogP contribution in [0.1, 0.15) is 22.8 Å². The Balaban J connectivity index is 1.40. The summed E-state index contributed by atoms with van der Waals surface area (Å²) < 4.78 is 17.5. The Kier molecular flexibility index (Phi) is 6.97. The SMILES string of the molecule is CCOc1nc2cccc(C(=O)O)c2n1Cc1ccc(-c2cc(-c3ccc(OC)cn3)ccc2-c2noc(=O)[nH]2)cc1. The van der Waals surface area contributed by atoms with E-state index in [9.17, 15) is 14.7 Å². The third-order valence-corrected chi connectivity index (χ3v) is 6.82. The van der Waals surface area contributed by atoms with Gasteiger partial charge in [-0.2, -0.15) is 4.98 Å². The molecule has 0 aliphatic rings. The molecule has 3 heterocycles. The Morgan fingerprint density at radius 3 is 2.50 bits per heavy atom. The molecule has 0 fully saturated rings. The van der Waals surface area contributed by atoms with Crippen LogP contribution in [-0.4, -0.2) is 49.5 Å². The van der Waals surface area contributed by atoms with Crippen LogP contribution in [0, 0.1) is 0 Å². The number of benzene rings is 3. The Labute approximate surface area is 239 Å². The van der Waals surface area contributed by atoms with E-state index in [1.54, 1.807) is 36.1 Å². The first kappa shape index (κ1) is 26.5. The number of H-pyrrole nitrogens is 1. The standard InChI is InChI=1S/C31H25N5O6/c1-3-41-30-33-26-6-4-5-23(29(37)38)27(26)36(30)17-18-7-9-19(10-8-18)24-15-20(25-14-12-21(40-2)16-32-25)11-13-22(24)28-34-31(39)42-35-28/h4-16H,3,17H2,1-2H3,(H,37,38)(H,34,35,39). The molecule has 0 unspecified atom stereocenters. The van der Waals surface area contributed by atoms with Crippen molar-refractivity contribution >= 4 is 17.0 Å². The third kappa shape index (κ3) is 4.99. The van der Waals surface area contributed by atoms with Crippen molar-refractivity contribution in [1.82, 2.24) is 24.7 Å². The minimum Gasteiger partial charge on any atom is -0.495 e. The van der Waals surface area contributed by atoms with Crippen LogP contribution in [0.5, 0.6) is 11.8 Å². The molecule has 0 radical (unpaired) electrons. The summed E-state index contributed by atoms with van der Waals surface area (Å²) >= 11 is 0. The van der Waals surface area contributed by atoms with Gasteiger partial charge in [-0.25, -0.2) is 9.59 Å². The second-order valence-electron chi connectivity index (χ2n) is 9.38. The maximum absolute atomic E-state index is 12.0. The smallest absolute Gasteiger partial charge is 0.439 e. The minimum atomic E-state index is -1.04. The monoisotopic (exact) mass is 563 g/mol. The quantitative estimate of drug-likeness (QED) is 0.240. The third-order valence-electron chi connectivity index (χ3n) is 6.82. The van der Waals surface area contributed by atoms with Gasteiger partial charge in [-0.1, -0.05) is 41.6 Å². The highest BCUT2D eigenvalue weighted by Crippen LogP contribution is 2.35. The number of methoxy groups -OCH3 is 1. The van der Waals surface area contributed by atoms with Crippen LogP contribution in [0.15, 0.2) is 88.3 Å². The summed E-state index contributed by atoms with van der Waals surface area (Å²) in [5.41, 5.74) is 6.05. The predicted molar refractivity (Wildman–Crippen MR) is 155 cm³/mol. The summed E-state index contributed by atoms with van der Waals surface area (Å²) in [7, 11) is 1.59. The lowest BCUT2D eigenvalue weighted by Crippen LogP contribution is -2.08. The number of para-hydroxylation sites is 1. The molecular weight excluding hydrogens is 538 g/mol. The van der Waals surface area contributed by atoms with Crippen molar-refractivity contribution in [2.45, 2.75) is 13.5 Å². The number of aromatic nitrogens is 5. The minimum absolute atomic E-state index is 0.151. The molecule has 2 N–H and O–H groups in total. The topological polar surface area (TPSA) is 145 Å². The Morgan fingerprint density at radius 1 is 1.02 bits per heavy atom. The first-order valence-electron chi connectivity index (χ1n) is 13.1. The molecule has 0 bridgehead atoms. The lowest BCUT2D eigenvalue weighted by Gasteiger charge is -2.13. The largest absolute Gasteiger partial charge is 0.495 e. The number of carboxylic acid groups (broad SMARTS) is 1. The van der Waals surface area contributed by atoms with Gasteiger partial charge in [0.05, 0.1) is 48.7 Å². The number of imidazole rings is 1. The first-order chi connectivity index (χ1) is 20.4. The van der Waals surface area contributed by atoms with E-state index in [-0.39, 0.29) is 5.56 Å². The van der Waals surface area contributed by atoms with Gasteiger partial charge in [0.25, 0.3) is 6.01 Å². The zero-order valence-corrected chi connectivity index (χ0v) is 22.7. The molecule has 0 aliphatic carbocycles.